The summed E-state index contributed by atoms with van der Waals surface area (Å²) in [7, 11) is 2.12. The predicted octanol–water partition coefficient (Wildman–Crippen LogP) is 2.97. The van der Waals surface area contributed by atoms with Crippen molar-refractivity contribution in [2.45, 2.75) is 12.8 Å². The molecule has 1 N–H and O–H groups in total. The molecule has 0 spiro atoms. The molecule has 3 rings (SSSR count). The third-order valence-corrected chi connectivity index (χ3v) is 3.85. The largest absolute Gasteiger partial charge is 0.481 e. The second-order valence-corrected chi connectivity index (χ2v) is 5.28. The van der Waals surface area contributed by atoms with Crippen LogP contribution in [0.15, 0.2) is 42.5 Å². The van der Waals surface area contributed by atoms with Crippen molar-refractivity contribution >= 4 is 11.7 Å². The summed E-state index contributed by atoms with van der Waals surface area (Å²) >= 11 is 0. The Bertz CT molecular complexity index is 647. The SMILES string of the molecule is CN1CCc2cc(-c3ccc(CC(=O)O)cc3)ccc21. The zero-order valence-electron chi connectivity index (χ0n) is 11.5. The summed E-state index contributed by atoms with van der Waals surface area (Å²) in [4.78, 5) is 13.0. The van der Waals surface area contributed by atoms with Gasteiger partial charge in [-0.25, -0.2) is 0 Å². The molecule has 0 saturated heterocycles. The number of rotatable bonds is 3. The van der Waals surface area contributed by atoms with Gasteiger partial charge < -0.3 is 10.0 Å². The fourth-order valence-electron chi connectivity index (χ4n) is 2.74. The third kappa shape index (κ3) is 2.39. The number of hydrogen-bond acceptors (Lipinski definition) is 2. The Morgan fingerprint density at radius 1 is 1.15 bits per heavy atom. The van der Waals surface area contributed by atoms with E-state index in [1.165, 1.54) is 16.8 Å². The van der Waals surface area contributed by atoms with E-state index in [2.05, 4.69) is 30.1 Å². The zero-order valence-corrected chi connectivity index (χ0v) is 11.5. The fourth-order valence-corrected chi connectivity index (χ4v) is 2.74. The van der Waals surface area contributed by atoms with Gasteiger partial charge in [-0.05, 0) is 40.8 Å². The highest BCUT2D eigenvalue weighted by molar-refractivity contribution is 5.73. The lowest BCUT2D eigenvalue weighted by Crippen LogP contribution is -2.12. The van der Waals surface area contributed by atoms with Crippen LogP contribution in [0.3, 0.4) is 0 Å². The van der Waals surface area contributed by atoms with Crippen molar-refractivity contribution in [3.05, 3.63) is 53.6 Å². The van der Waals surface area contributed by atoms with Gasteiger partial charge in [-0.15, -0.1) is 0 Å². The molecule has 0 aromatic heterocycles. The highest BCUT2D eigenvalue weighted by Crippen LogP contribution is 2.31. The molecule has 0 aliphatic carbocycles. The minimum Gasteiger partial charge on any atom is -0.481 e. The van der Waals surface area contributed by atoms with Crippen LogP contribution in [0.25, 0.3) is 11.1 Å². The molecule has 2 aromatic carbocycles. The lowest BCUT2D eigenvalue weighted by atomic mass is 10.00. The lowest BCUT2D eigenvalue weighted by Gasteiger charge is -2.12. The van der Waals surface area contributed by atoms with Gasteiger partial charge in [0.25, 0.3) is 0 Å². The third-order valence-electron chi connectivity index (χ3n) is 3.85. The van der Waals surface area contributed by atoms with Crippen LogP contribution < -0.4 is 4.90 Å². The van der Waals surface area contributed by atoms with E-state index in [4.69, 9.17) is 5.11 Å². The van der Waals surface area contributed by atoms with Gasteiger partial charge in [0.15, 0.2) is 0 Å². The normalized spacial score (nSPS) is 13.3. The van der Waals surface area contributed by atoms with Crippen LogP contribution in [0.1, 0.15) is 11.1 Å². The zero-order chi connectivity index (χ0) is 14.1. The average Bonchev–Trinajstić information content (AvgIpc) is 2.80. The van der Waals surface area contributed by atoms with Gasteiger partial charge in [0.1, 0.15) is 0 Å². The van der Waals surface area contributed by atoms with E-state index >= 15 is 0 Å². The van der Waals surface area contributed by atoms with E-state index in [1.54, 1.807) is 0 Å². The molecule has 0 atom stereocenters. The number of carbonyl (C=O) groups is 1. The maximum atomic E-state index is 10.7. The highest BCUT2D eigenvalue weighted by atomic mass is 16.4. The van der Waals surface area contributed by atoms with Gasteiger partial charge >= 0.3 is 5.97 Å². The molecule has 1 heterocycles. The standard InChI is InChI=1S/C17H17NO2/c1-18-9-8-15-11-14(6-7-16(15)18)13-4-2-12(3-5-13)10-17(19)20/h2-7,11H,8-10H2,1H3,(H,19,20). The van der Waals surface area contributed by atoms with Crippen molar-refractivity contribution in [2.24, 2.45) is 0 Å². The second-order valence-electron chi connectivity index (χ2n) is 5.28. The van der Waals surface area contributed by atoms with E-state index < -0.39 is 5.97 Å². The molecule has 2 aromatic rings. The first-order valence-electron chi connectivity index (χ1n) is 6.78. The molecule has 1 aliphatic heterocycles. The maximum absolute atomic E-state index is 10.7. The Morgan fingerprint density at radius 2 is 1.85 bits per heavy atom. The summed E-state index contributed by atoms with van der Waals surface area (Å²) in [6.07, 6.45) is 1.17. The van der Waals surface area contributed by atoms with Crippen LogP contribution in [0.5, 0.6) is 0 Å². The summed E-state index contributed by atoms with van der Waals surface area (Å²) in [6, 6.07) is 14.3. The molecule has 0 radical (unpaired) electrons. The van der Waals surface area contributed by atoms with Gasteiger partial charge in [0, 0.05) is 19.3 Å². The van der Waals surface area contributed by atoms with Crippen LogP contribution in [0.4, 0.5) is 5.69 Å². The summed E-state index contributed by atoms with van der Waals surface area (Å²) in [5.74, 6) is -0.793. The maximum Gasteiger partial charge on any atom is 0.307 e. The Balaban J connectivity index is 1.88. The molecule has 0 amide bonds. The Labute approximate surface area is 118 Å². The number of carboxylic acids is 1. The number of anilines is 1. The van der Waals surface area contributed by atoms with Gasteiger partial charge in [0.2, 0.25) is 0 Å². The van der Waals surface area contributed by atoms with Crippen molar-refractivity contribution in [3.63, 3.8) is 0 Å². The van der Waals surface area contributed by atoms with Crippen molar-refractivity contribution in [2.75, 3.05) is 18.5 Å². The van der Waals surface area contributed by atoms with Gasteiger partial charge in [-0.3, -0.25) is 4.79 Å². The Hall–Kier alpha value is -2.29. The first kappa shape index (κ1) is 12.7. The fraction of sp³-hybridized carbons (Fsp3) is 0.235. The van der Waals surface area contributed by atoms with E-state index in [0.717, 1.165) is 24.1 Å². The smallest absolute Gasteiger partial charge is 0.307 e. The van der Waals surface area contributed by atoms with E-state index in [9.17, 15) is 4.79 Å². The van der Waals surface area contributed by atoms with Crippen LogP contribution in [-0.4, -0.2) is 24.7 Å². The van der Waals surface area contributed by atoms with E-state index in [0.29, 0.717) is 0 Å². The van der Waals surface area contributed by atoms with Crippen molar-refractivity contribution in [1.82, 2.24) is 0 Å². The number of aliphatic carboxylic acids is 1. The van der Waals surface area contributed by atoms with Gasteiger partial charge in [-0.1, -0.05) is 30.3 Å². The molecular weight excluding hydrogens is 250 g/mol. The first-order valence-corrected chi connectivity index (χ1v) is 6.78. The number of likely N-dealkylation sites (N-methyl/N-ethyl adjacent to an activating group) is 1. The summed E-state index contributed by atoms with van der Waals surface area (Å²) in [6.45, 7) is 1.08. The monoisotopic (exact) mass is 267 g/mol. The summed E-state index contributed by atoms with van der Waals surface area (Å²) in [5.41, 5.74) is 5.87. The number of benzene rings is 2. The minimum absolute atomic E-state index is 0.0786. The predicted molar refractivity (Wildman–Crippen MR) is 80.2 cm³/mol. The van der Waals surface area contributed by atoms with Crippen LogP contribution in [0, 0.1) is 0 Å². The first-order chi connectivity index (χ1) is 9.63. The molecule has 3 heteroatoms. The average molecular weight is 267 g/mol. The number of fused-ring (bicyclic) bond motifs is 1. The molecule has 0 unspecified atom stereocenters. The molecule has 0 bridgehead atoms. The summed E-state index contributed by atoms with van der Waals surface area (Å²) < 4.78 is 0. The Morgan fingerprint density at radius 3 is 2.55 bits per heavy atom. The molecule has 20 heavy (non-hydrogen) atoms. The molecule has 102 valence electrons. The van der Waals surface area contributed by atoms with Crippen molar-refractivity contribution in [1.29, 1.82) is 0 Å². The van der Waals surface area contributed by atoms with Crippen LogP contribution in [-0.2, 0) is 17.6 Å². The molecular formula is C17H17NO2. The van der Waals surface area contributed by atoms with E-state index in [1.807, 2.05) is 24.3 Å². The van der Waals surface area contributed by atoms with E-state index in [-0.39, 0.29) is 6.42 Å². The van der Waals surface area contributed by atoms with Gasteiger partial charge in [-0.2, -0.15) is 0 Å². The quantitative estimate of drug-likeness (QED) is 0.929. The van der Waals surface area contributed by atoms with Gasteiger partial charge in [0.05, 0.1) is 6.42 Å². The molecule has 1 aliphatic rings. The van der Waals surface area contributed by atoms with Crippen LogP contribution in [0.2, 0.25) is 0 Å². The summed E-state index contributed by atoms with van der Waals surface area (Å²) in [5, 5.41) is 8.78. The molecule has 0 fully saturated rings. The van der Waals surface area contributed by atoms with Crippen molar-refractivity contribution < 1.29 is 9.90 Å². The topological polar surface area (TPSA) is 40.5 Å². The van der Waals surface area contributed by atoms with Crippen LogP contribution >= 0.6 is 0 Å². The molecule has 3 nitrogen and oxygen atoms in total. The molecule has 0 saturated carbocycles. The second kappa shape index (κ2) is 5.00. The minimum atomic E-state index is -0.793. The highest BCUT2D eigenvalue weighted by Gasteiger charge is 2.15. The number of hydrogen-bond donors (Lipinski definition) is 1. The number of nitrogens with zero attached hydrogens (tertiary/aromatic N) is 1. The van der Waals surface area contributed by atoms with Crippen molar-refractivity contribution in [3.8, 4) is 11.1 Å². The number of carboxylic acid groups (broad SMARTS) is 1. The Kier molecular flexibility index (Phi) is 3.18. The lowest BCUT2D eigenvalue weighted by molar-refractivity contribution is -0.136.